The topological polar surface area (TPSA) is 55.6 Å². The minimum Gasteiger partial charge on any atom is -0.378 e. The summed E-state index contributed by atoms with van der Waals surface area (Å²) in [6.07, 6.45) is 5.25. The molecular formula is C9H10BrN5. The van der Waals surface area contributed by atoms with Crippen LogP contribution < -0.4 is 5.32 Å². The standard InChI is InChI=1S/C9H10BrN5/c1-15-9(6-13-14-15)5-12-8-2-7(10)3-11-4-8/h2-4,6,12H,5H2,1H3. The Labute approximate surface area is 95.7 Å². The second-order valence-corrected chi connectivity index (χ2v) is 4.01. The highest BCUT2D eigenvalue weighted by Crippen LogP contribution is 2.14. The Morgan fingerprint density at radius 3 is 2.93 bits per heavy atom. The van der Waals surface area contributed by atoms with Crippen LogP contribution in [0.4, 0.5) is 5.69 Å². The Balaban J connectivity index is 2.02. The van der Waals surface area contributed by atoms with Crippen LogP contribution in [0.2, 0.25) is 0 Å². The third kappa shape index (κ3) is 2.53. The van der Waals surface area contributed by atoms with E-state index in [1.807, 2.05) is 13.1 Å². The molecule has 78 valence electrons. The second-order valence-electron chi connectivity index (χ2n) is 3.09. The molecular weight excluding hydrogens is 258 g/mol. The van der Waals surface area contributed by atoms with Crippen molar-refractivity contribution in [3.8, 4) is 0 Å². The number of nitrogens with zero attached hydrogens (tertiary/aromatic N) is 4. The van der Waals surface area contributed by atoms with Crippen LogP contribution in [0, 0.1) is 0 Å². The average Bonchev–Trinajstić information content (AvgIpc) is 2.61. The maximum atomic E-state index is 4.06. The minimum absolute atomic E-state index is 0.682. The first-order valence-corrected chi connectivity index (χ1v) is 5.23. The van der Waals surface area contributed by atoms with Crippen LogP contribution in [0.25, 0.3) is 0 Å². The lowest BCUT2D eigenvalue weighted by Crippen LogP contribution is -2.05. The molecule has 2 aromatic heterocycles. The molecule has 0 saturated carbocycles. The molecule has 1 N–H and O–H groups in total. The Hall–Kier alpha value is -1.43. The summed E-state index contributed by atoms with van der Waals surface area (Å²) in [6, 6.07) is 1.97. The van der Waals surface area contributed by atoms with Gasteiger partial charge in [-0.15, -0.1) is 5.10 Å². The highest BCUT2D eigenvalue weighted by Gasteiger charge is 1.99. The molecule has 0 saturated heterocycles. The summed E-state index contributed by atoms with van der Waals surface area (Å²) < 4.78 is 2.69. The van der Waals surface area contributed by atoms with Gasteiger partial charge in [0.15, 0.2) is 0 Å². The predicted molar refractivity (Wildman–Crippen MR) is 60.3 cm³/mol. The number of hydrogen-bond acceptors (Lipinski definition) is 4. The number of pyridine rings is 1. The number of aryl methyl sites for hydroxylation is 1. The lowest BCUT2D eigenvalue weighted by atomic mass is 10.4. The molecule has 0 bridgehead atoms. The fraction of sp³-hybridized carbons (Fsp3) is 0.222. The Morgan fingerprint density at radius 1 is 1.40 bits per heavy atom. The van der Waals surface area contributed by atoms with Crippen LogP contribution in [0.15, 0.2) is 29.1 Å². The third-order valence-electron chi connectivity index (χ3n) is 1.99. The van der Waals surface area contributed by atoms with Gasteiger partial charge in [0.2, 0.25) is 0 Å². The van der Waals surface area contributed by atoms with Gasteiger partial charge in [0.25, 0.3) is 0 Å². The molecule has 15 heavy (non-hydrogen) atoms. The summed E-state index contributed by atoms with van der Waals surface area (Å²) in [5.74, 6) is 0. The SMILES string of the molecule is Cn1nncc1CNc1cncc(Br)c1. The lowest BCUT2D eigenvalue weighted by Gasteiger charge is -2.05. The molecule has 0 unspecified atom stereocenters. The molecule has 6 heteroatoms. The van der Waals surface area contributed by atoms with E-state index in [4.69, 9.17) is 0 Å². The summed E-state index contributed by atoms with van der Waals surface area (Å²) >= 11 is 3.36. The van der Waals surface area contributed by atoms with E-state index >= 15 is 0 Å². The number of halogens is 1. The van der Waals surface area contributed by atoms with Gasteiger partial charge < -0.3 is 5.32 Å². The molecule has 0 atom stereocenters. The fourth-order valence-corrected chi connectivity index (χ4v) is 1.54. The van der Waals surface area contributed by atoms with E-state index in [1.165, 1.54) is 0 Å². The van der Waals surface area contributed by atoms with Crippen molar-refractivity contribution in [2.75, 3.05) is 5.32 Å². The van der Waals surface area contributed by atoms with E-state index in [9.17, 15) is 0 Å². The van der Waals surface area contributed by atoms with E-state index in [0.717, 1.165) is 15.9 Å². The van der Waals surface area contributed by atoms with Crippen LogP contribution in [0.1, 0.15) is 5.69 Å². The van der Waals surface area contributed by atoms with Gasteiger partial charge in [0.05, 0.1) is 30.3 Å². The molecule has 0 aliphatic carbocycles. The highest BCUT2D eigenvalue weighted by atomic mass is 79.9. The van der Waals surface area contributed by atoms with Gasteiger partial charge in [-0.3, -0.25) is 9.67 Å². The molecule has 2 rings (SSSR count). The molecule has 0 spiro atoms. The summed E-state index contributed by atoms with van der Waals surface area (Å²) in [5.41, 5.74) is 1.99. The van der Waals surface area contributed by atoms with Gasteiger partial charge in [-0.2, -0.15) is 0 Å². The summed E-state index contributed by atoms with van der Waals surface area (Å²) in [4.78, 5) is 4.06. The van der Waals surface area contributed by atoms with Gasteiger partial charge in [-0.05, 0) is 22.0 Å². The number of hydrogen-bond donors (Lipinski definition) is 1. The smallest absolute Gasteiger partial charge is 0.0774 e. The number of aromatic nitrogens is 4. The highest BCUT2D eigenvalue weighted by molar-refractivity contribution is 9.10. The zero-order chi connectivity index (χ0) is 10.7. The monoisotopic (exact) mass is 267 g/mol. The van der Waals surface area contributed by atoms with Gasteiger partial charge in [-0.25, -0.2) is 0 Å². The zero-order valence-corrected chi connectivity index (χ0v) is 9.77. The molecule has 0 aliphatic heterocycles. The van der Waals surface area contributed by atoms with Gasteiger partial charge in [0, 0.05) is 17.7 Å². The van der Waals surface area contributed by atoms with Crippen molar-refractivity contribution < 1.29 is 0 Å². The summed E-state index contributed by atoms with van der Waals surface area (Å²) in [5, 5.41) is 10.9. The molecule has 0 radical (unpaired) electrons. The quantitative estimate of drug-likeness (QED) is 0.918. The molecule has 2 aromatic rings. The van der Waals surface area contributed by atoms with Crippen molar-refractivity contribution in [2.24, 2.45) is 7.05 Å². The van der Waals surface area contributed by atoms with Crippen LogP contribution in [0.5, 0.6) is 0 Å². The molecule has 0 amide bonds. The first kappa shape index (κ1) is 10.1. The fourth-order valence-electron chi connectivity index (χ4n) is 1.17. The number of rotatable bonds is 3. The maximum absolute atomic E-state index is 4.06. The van der Waals surface area contributed by atoms with E-state index in [1.54, 1.807) is 23.3 Å². The van der Waals surface area contributed by atoms with Crippen LogP contribution >= 0.6 is 15.9 Å². The second kappa shape index (κ2) is 4.39. The molecule has 2 heterocycles. The summed E-state index contributed by atoms with van der Waals surface area (Å²) in [6.45, 7) is 0.682. The normalized spacial score (nSPS) is 10.3. The van der Waals surface area contributed by atoms with Crippen molar-refractivity contribution in [2.45, 2.75) is 6.54 Å². The van der Waals surface area contributed by atoms with Gasteiger partial charge >= 0.3 is 0 Å². The van der Waals surface area contributed by atoms with Crippen LogP contribution in [-0.2, 0) is 13.6 Å². The maximum Gasteiger partial charge on any atom is 0.0774 e. The summed E-state index contributed by atoms with van der Waals surface area (Å²) in [7, 11) is 1.86. The Morgan fingerprint density at radius 2 is 2.27 bits per heavy atom. The number of anilines is 1. The largest absolute Gasteiger partial charge is 0.378 e. The average molecular weight is 268 g/mol. The third-order valence-corrected chi connectivity index (χ3v) is 2.42. The number of nitrogens with one attached hydrogen (secondary N) is 1. The van der Waals surface area contributed by atoms with Crippen molar-refractivity contribution >= 4 is 21.6 Å². The van der Waals surface area contributed by atoms with E-state index in [2.05, 4.69) is 36.5 Å². The zero-order valence-electron chi connectivity index (χ0n) is 8.18. The van der Waals surface area contributed by atoms with Crippen molar-refractivity contribution in [1.29, 1.82) is 0 Å². The van der Waals surface area contributed by atoms with Gasteiger partial charge in [-0.1, -0.05) is 5.21 Å². The van der Waals surface area contributed by atoms with E-state index < -0.39 is 0 Å². The molecule has 0 aliphatic rings. The molecule has 5 nitrogen and oxygen atoms in total. The van der Waals surface area contributed by atoms with E-state index in [-0.39, 0.29) is 0 Å². The predicted octanol–water partition coefficient (Wildman–Crippen LogP) is 1.58. The minimum atomic E-state index is 0.682. The Kier molecular flexibility index (Phi) is 2.96. The lowest BCUT2D eigenvalue weighted by molar-refractivity contribution is 0.683. The van der Waals surface area contributed by atoms with Crippen LogP contribution in [0.3, 0.4) is 0 Å². The van der Waals surface area contributed by atoms with Crippen molar-refractivity contribution in [1.82, 2.24) is 20.0 Å². The molecule has 0 fully saturated rings. The first-order chi connectivity index (χ1) is 7.25. The van der Waals surface area contributed by atoms with Gasteiger partial charge in [0.1, 0.15) is 0 Å². The Bertz CT molecular complexity index is 453. The first-order valence-electron chi connectivity index (χ1n) is 4.43. The van der Waals surface area contributed by atoms with Crippen molar-refractivity contribution in [3.05, 3.63) is 34.8 Å². The van der Waals surface area contributed by atoms with Crippen molar-refractivity contribution in [3.63, 3.8) is 0 Å². The molecule has 0 aromatic carbocycles. The van der Waals surface area contributed by atoms with Crippen LogP contribution in [-0.4, -0.2) is 20.0 Å². The van der Waals surface area contributed by atoms with E-state index in [0.29, 0.717) is 6.54 Å².